The number of amides is 1. The number of Topliss-reactive ketones (excluding diaryl/α,β-unsaturated/α-hetero) is 1. The average Bonchev–Trinajstić information content (AvgIpc) is 3.32. The minimum absolute atomic E-state index is 0.0313. The van der Waals surface area contributed by atoms with E-state index in [2.05, 4.69) is 29.4 Å². The van der Waals surface area contributed by atoms with Crippen LogP contribution in [-0.4, -0.2) is 30.3 Å². The van der Waals surface area contributed by atoms with Gasteiger partial charge >= 0.3 is 0 Å². The molecule has 0 aliphatic heterocycles. The molecular weight excluding hydrogens is 436 g/mol. The number of fused-ring (bicyclic) bond motifs is 1. The number of carbonyl (C=O) groups is 2. The molecule has 0 saturated heterocycles. The number of carbonyl (C=O) groups excluding carboxylic acids is 2. The van der Waals surface area contributed by atoms with E-state index in [9.17, 15) is 9.59 Å². The number of aromatic nitrogens is 1. The highest BCUT2D eigenvalue weighted by Gasteiger charge is 2.39. The van der Waals surface area contributed by atoms with Crippen molar-refractivity contribution >= 4 is 11.7 Å². The van der Waals surface area contributed by atoms with E-state index in [0.717, 1.165) is 22.4 Å². The fourth-order valence-electron chi connectivity index (χ4n) is 5.90. The smallest absolute Gasteiger partial charge is 0.253 e. The lowest BCUT2D eigenvalue weighted by Crippen LogP contribution is -2.32. The lowest BCUT2D eigenvalue weighted by atomic mass is 9.73. The second kappa shape index (κ2) is 10.1. The minimum Gasteiger partial charge on any atom is -0.497 e. The van der Waals surface area contributed by atoms with Gasteiger partial charge in [0.15, 0.2) is 5.78 Å². The number of aromatic amines is 1. The first-order chi connectivity index (χ1) is 17.1. The highest BCUT2D eigenvalue weighted by molar-refractivity contribution is 6.08. The van der Waals surface area contributed by atoms with Gasteiger partial charge in [-0.2, -0.15) is 0 Å². The molecule has 182 valence electrons. The number of hydrogen-bond donors (Lipinski definition) is 2. The Morgan fingerprint density at radius 1 is 1.00 bits per heavy atom. The summed E-state index contributed by atoms with van der Waals surface area (Å²) in [6.45, 7) is 2.83. The van der Waals surface area contributed by atoms with Crippen LogP contribution in [0.5, 0.6) is 5.75 Å². The van der Waals surface area contributed by atoms with Gasteiger partial charge in [0.25, 0.3) is 5.91 Å². The van der Waals surface area contributed by atoms with Crippen molar-refractivity contribution in [3.05, 3.63) is 77.0 Å². The Kier molecular flexibility index (Phi) is 6.76. The molecule has 2 aliphatic rings. The maximum absolute atomic E-state index is 13.8. The van der Waals surface area contributed by atoms with Crippen molar-refractivity contribution in [1.82, 2.24) is 10.3 Å². The van der Waals surface area contributed by atoms with E-state index in [1.807, 2.05) is 42.5 Å². The van der Waals surface area contributed by atoms with E-state index in [1.165, 1.54) is 32.1 Å². The number of H-pyrrole nitrogens is 1. The fourth-order valence-corrected chi connectivity index (χ4v) is 5.90. The monoisotopic (exact) mass is 470 g/mol. The van der Waals surface area contributed by atoms with Crippen molar-refractivity contribution in [3.63, 3.8) is 0 Å². The van der Waals surface area contributed by atoms with Crippen molar-refractivity contribution < 1.29 is 14.3 Å². The van der Waals surface area contributed by atoms with Crippen LogP contribution < -0.4 is 10.1 Å². The molecule has 1 amide bonds. The Morgan fingerprint density at radius 3 is 2.40 bits per heavy atom. The summed E-state index contributed by atoms with van der Waals surface area (Å²) in [5.41, 5.74) is 4.77. The standard InChI is InChI=1S/C30H34N2O3/c1-19-24(21-11-7-4-8-12-21)17-25(33)29-26(19)27(30(34)31-18-20-9-5-3-6-10-20)28(32-29)22-13-15-23(35-2)16-14-22/h4,7-8,11-16,19-20,24,32H,3,5-6,9-10,17-18H2,1-2H3,(H,31,34)/t19-,24+/m0/s1. The van der Waals surface area contributed by atoms with E-state index in [0.29, 0.717) is 35.8 Å². The molecule has 2 aliphatic carbocycles. The van der Waals surface area contributed by atoms with Crippen LogP contribution in [0, 0.1) is 5.92 Å². The predicted octanol–water partition coefficient (Wildman–Crippen LogP) is 6.47. The first kappa shape index (κ1) is 23.4. The third-order valence-electron chi connectivity index (χ3n) is 7.89. The van der Waals surface area contributed by atoms with Gasteiger partial charge in [0.1, 0.15) is 5.75 Å². The third kappa shape index (κ3) is 4.64. The largest absolute Gasteiger partial charge is 0.497 e. The summed E-state index contributed by atoms with van der Waals surface area (Å²) in [5.74, 6) is 1.33. The van der Waals surface area contributed by atoms with Crippen LogP contribution in [0.3, 0.4) is 0 Å². The van der Waals surface area contributed by atoms with Crippen LogP contribution in [0.4, 0.5) is 0 Å². The molecule has 1 heterocycles. The van der Waals surface area contributed by atoms with E-state index in [-0.39, 0.29) is 23.5 Å². The summed E-state index contributed by atoms with van der Waals surface area (Å²) >= 11 is 0. The molecule has 0 bridgehead atoms. The van der Waals surface area contributed by atoms with Crippen LogP contribution in [0.15, 0.2) is 54.6 Å². The van der Waals surface area contributed by atoms with Crippen molar-refractivity contribution in [2.45, 2.75) is 57.3 Å². The van der Waals surface area contributed by atoms with Gasteiger partial charge in [-0.25, -0.2) is 0 Å². The number of methoxy groups -OCH3 is 1. The number of nitrogens with one attached hydrogen (secondary N) is 2. The lowest BCUT2D eigenvalue weighted by molar-refractivity contribution is 0.0942. The van der Waals surface area contributed by atoms with Gasteiger partial charge in [-0.3, -0.25) is 9.59 Å². The first-order valence-electron chi connectivity index (χ1n) is 12.8. The molecule has 35 heavy (non-hydrogen) atoms. The first-order valence-corrected chi connectivity index (χ1v) is 12.8. The van der Waals surface area contributed by atoms with E-state index >= 15 is 0 Å². The van der Waals surface area contributed by atoms with Gasteiger partial charge in [-0.1, -0.05) is 56.5 Å². The highest BCUT2D eigenvalue weighted by atomic mass is 16.5. The average molecular weight is 471 g/mol. The van der Waals surface area contributed by atoms with Crippen LogP contribution in [0.1, 0.15) is 89.3 Å². The van der Waals surface area contributed by atoms with E-state index in [4.69, 9.17) is 4.74 Å². The van der Waals surface area contributed by atoms with Gasteiger partial charge in [-0.15, -0.1) is 0 Å². The molecule has 5 rings (SSSR count). The molecule has 0 radical (unpaired) electrons. The summed E-state index contributed by atoms with van der Waals surface area (Å²) in [6, 6.07) is 17.8. The normalized spacial score (nSPS) is 20.3. The Labute approximate surface area is 207 Å². The van der Waals surface area contributed by atoms with Crippen molar-refractivity contribution in [1.29, 1.82) is 0 Å². The second-order valence-electron chi connectivity index (χ2n) is 10.0. The molecule has 1 fully saturated rings. The van der Waals surface area contributed by atoms with Gasteiger partial charge in [-0.05, 0) is 71.6 Å². The third-order valence-corrected chi connectivity index (χ3v) is 7.89. The maximum atomic E-state index is 13.8. The molecule has 0 unspecified atom stereocenters. The molecule has 1 aromatic heterocycles. The predicted molar refractivity (Wildman–Crippen MR) is 138 cm³/mol. The summed E-state index contributed by atoms with van der Waals surface area (Å²) in [5, 5.41) is 3.23. The Hall–Kier alpha value is -3.34. The topological polar surface area (TPSA) is 71.2 Å². The van der Waals surface area contributed by atoms with Gasteiger partial charge < -0.3 is 15.0 Å². The number of rotatable bonds is 6. The zero-order valence-electron chi connectivity index (χ0n) is 20.6. The lowest BCUT2D eigenvalue weighted by Gasteiger charge is -2.29. The van der Waals surface area contributed by atoms with Crippen LogP contribution >= 0.6 is 0 Å². The maximum Gasteiger partial charge on any atom is 0.253 e. The zero-order chi connectivity index (χ0) is 24.4. The summed E-state index contributed by atoms with van der Waals surface area (Å²) in [6.07, 6.45) is 6.54. The molecule has 3 aromatic rings. The van der Waals surface area contributed by atoms with Crippen molar-refractivity contribution in [2.24, 2.45) is 5.92 Å². The van der Waals surface area contributed by atoms with Crippen molar-refractivity contribution in [2.75, 3.05) is 13.7 Å². The van der Waals surface area contributed by atoms with E-state index in [1.54, 1.807) is 7.11 Å². The van der Waals surface area contributed by atoms with Crippen LogP contribution in [0.2, 0.25) is 0 Å². The number of hydrogen-bond acceptors (Lipinski definition) is 3. The molecule has 2 N–H and O–H groups in total. The summed E-state index contributed by atoms with van der Waals surface area (Å²) in [4.78, 5) is 30.5. The quantitative estimate of drug-likeness (QED) is 0.433. The van der Waals surface area contributed by atoms with Gasteiger partial charge in [0, 0.05) is 13.0 Å². The molecule has 1 saturated carbocycles. The number of ketones is 1. The molecule has 5 heteroatoms. The highest BCUT2D eigenvalue weighted by Crippen LogP contribution is 2.46. The zero-order valence-corrected chi connectivity index (χ0v) is 20.6. The SMILES string of the molecule is COc1ccc(-c2[nH]c3c(c2C(=O)NCC2CCCCC2)[C@@H](C)[C@H](c2ccccc2)CC3=O)cc1. The van der Waals surface area contributed by atoms with Crippen molar-refractivity contribution in [3.8, 4) is 17.0 Å². The van der Waals surface area contributed by atoms with Crippen LogP contribution in [0.25, 0.3) is 11.3 Å². The summed E-state index contributed by atoms with van der Waals surface area (Å²) in [7, 11) is 1.64. The summed E-state index contributed by atoms with van der Waals surface area (Å²) < 4.78 is 5.32. The fraction of sp³-hybridized carbons (Fsp3) is 0.400. The molecule has 2 aromatic carbocycles. The molecular formula is C30H34N2O3. The molecule has 2 atom stereocenters. The Morgan fingerprint density at radius 2 is 1.71 bits per heavy atom. The van der Waals surface area contributed by atoms with Gasteiger partial charge in [0.05, 0.1) is 24.1 Å². The number of ether oxygens (including phenoxy) is 1. The molecule has 5 nitrogen and oxygen atoms in total. The van der Waals surface area contributed by atoms with E-state index < -0.39 is 0 Å². The van der Waals surface area contributed by atoms with Crippen LogP contribution in [-0.2, 0) is 0 Å². The second-order valence-corrected chi connectivity index (χ2v) is 10.0. The minimum atomic E-state index is -0.0905. The molecule has 0 spiro atoms. The Balaban J connectivity index is 1.55. The van der Waals surface area contributed by atoms with Gasteiger partial charge in [0.2, 0.25) is 0 Å². The number of benzene rings is 2. The Bertz CT molecular complexity index is 1190.